The molecule has 4 heteroatoms. The lowest BCUT2D eigenvalue weighted by Gasteiger charge is -2.08. The van der Waals surface area contributed by atoms with Crippen molar-refractivity contribution in [2.24, 2.45) is 0 Å². The molecule has 0 saturated carbocycles. The van der Waals surface area contributed by atoms with Crippen LogP contribution >= 0.6 is 0 Å². The topological polar surface area (TPSA) is 55.1 Å². The van der Waals surface area contributed by atoms with Gasteiger partial charge in [-0.25, -0.2) is 4.98 Å². The van der Waals surface area contributed by atoms with Crippen molar-refractivity contribution in [3.63, 3.8) is 0 Å². The summed E-state index contributed by atoms with van der Waals surface area (Å²) in [5.74, 6) is 1.13. The Kier molecular flexibility index (Phi) is 4.73. The second kappa shape index (κ2) is 7.30. The van der Waals surface area contributed by atoms with Crippen LogP contribution < -0.4 is 9.47 Å². The van der Waals surface area contributed by atoms with Gasteiger partial charge in [0.15, 0.2) is 0 Å². The highest BCUT2D eigenvalue weighted by atomic mass is 16.5. The Morgan fingerprint density at radius 1 is 1.00 bits per heavy atom. The summed E-state index contributed by atoms with van der Waals surface area (Å²) in [5, 5.41) is 9.04. The molecule has 3 aromatic rings. The average Bonchev–Trinajstić information content (AvgIpc) is 2.67. The Bertz CT molecular complexity index is 853. The first-order valence-electron chi connectivity index (χ1n) is 7.51. The van der Waals surface area contributed by atoms with E-state index in [0.717, 1.165) is 16.7 Å². The van der Waals surface area contributed by atoms with E-state index in [-0.39, 0.29) is 0 Å². The van der Waals surface area contributed by atoms with Gasteiger partial charge in [-0.1, -0.05) is 36.4 Å². The number of nitrogens with zero attached hydrogens (tertiary/aromatic N) is 2. The monoisotopic (exact) mass is 316 g/mol. The SMILES string of the molecule is COc1cc(-c2ccc(OCc3ccccc3)nc2)ccc1C#N. The molecule has 118 valence electrons. The molecule has 4 nitrogen and oxygen atoms in total. The summed E-state index contributed by atoms with van der Waals surface area (Å²) < 4.78 is 10.9. The summed E-state index contributed by atoms with van der Waals surface area (Å²) in [7, 11) is 1.55. The van der Waals surface area contributed by atoms with Crippen LogP contribution in [-0.4, -0.2) is 12.1 Å². The van der Waals surface area contributed by atoms with E-state index in [2.05, 4.69) is 11.1 Å². The highest BCUT2D eigenvalue weighted by Crippen LogP contribution is 2.27. The van der Waals surface area contributed by atoms with E-state index in [1.807, 2.05) is 54.6 Å². The number of hydrogen-bond acceptors (Lipinski definition) is 4. The molecule has 3 rings (SSSR count). The third-order valence-electron chi connectivity index (χ3n) is 3.62. The van der Waals surface area contributed by atoms with Gasteiger partial charge in [-0.05, 0) is 29.3 Å². The molecule has 0 atom stereocenters. The standard InChI is InChI=1S/C20H16N2O2/c1-23-19-11-16(7-8-17(19)12-21)18-9-10-20(22-13-18)24-14-15-5-3-2-4-6-15/h2-11,13H,14H2,1H3. The predicted octanol–water partition coefficient (Wildman–Crippen LogP) is 4.21. The van der Waals surface area contributed by atoms with Gasteiger partial charge < -0.3 is 9.47 Å². The van der Waals surface area contributed by atoms with Gasteiger partial charge in [0.25, 0.3) is 0 Å². The lowest BCUT2D eigenvalue weighted by atomic mass is 10.1. The van der Waals surface area contributed by atoms with Crippen molar-refractivity contribution >= 4 is 0 Å². The number of nitriles is 1. The summed E-state index contributed by atoms with van der Waals surface area (Å²) in [5.41, 5.74) is 3.48. The fourth-order valence-electron chi connectivity index (χ4n) is 2.33. The summed E-state index contributed by atoms with van der Waals surface area (Å²) in [6.07, 6.45) is 1.75. The molecule has 0 aliphatic heterocycles. The summed E-state index contributed by atoms with van der Waals surface area (Å²) in [6.45, 7) is 0.484. The molecule has 0 fully saturated rings. The van der Waals surface area contributed by atoms with Crippen molar-refractivity contribution in [1.82, 2.24) is 4.98 Å². The van der Waals surface area contributed by atoms with E-state index in [1.165, 1.54) is 0 Å². The van der Waals surface area contributed by atoms with Crippen LogP contribution in [0.25, 0.3) is 11.1 Å². The first kappa shape index (κ1) is 15.6. The van der Waals surface area contributed by atoms with E-state index < -0.39 is 0 Å². The summed E-state index contributed by atoms with van der Waals surface area (Å²) in [6, 6.07) is 21.3. The van der Waals surface area contributed by atoms with Crippen LogP contribution in [-0.2, 0) is 6.61 Å². The van der Waals surface area contributed by atoms with Crippen molar-refractivity contribution < 1.29 is 9.47 Å². The maximum Gasteiger partial charge on any atom is 0.213 e. The van der Waals surface area contributed by atoms with E-state index >= 15 is 0 Å². The van der Waals surface area contributed by atoms with Crippen LogP contribution in [0.3, 0.4) is 0 Å². The van der Waals surface area contributed by atoms with Gasteiger partial charge >= 0.3 is 0 Å². The lowest BCUT2D eigenvalue weighted by Crippen LogP contribution is -1.97. The van der Waals surface area contributed by atoms with Crippen LogP contribution in [0.1, 0.15) is 11.1 Å². The number of hydrogen-bond donors (Lipinski definition) is 0. The zero-order valence-corrected chi connectivity index (χ0v) is 13.3. The molecule has 0 unspecified atom stereocenters. The molecular formula is C20H16N2O2. The number of methoxy groups -OCH3 is 1. The lowest BCUT2D eigenvalue weighted by molar-refractivity contribution is 0.294. The van der Waals surface area contributed by atoms with Gasteiger partial charge in [0.05, 0.1) is 12.7 Å². The van der Waals surface area contributed by atoms with Crippen LogP contribution in [0.4, 0.5) is 0 Å². The molecule has 0 aliphatic rings. The maximum atomic E-state index is 9.04. The number of aromatic nitrogens is 1. The molecule has 0 bridgehead atoms. The van der Waals surface area contributed by atoms with Crippen molar-refractivity contribution in [3.8, 4) is 28.8 Å². The molecule has 24 heavy (non-hydrogen) atoms. The third kappa shape index (κ3) is 3.53. The molecule has 1 aromatic heterocycles. The molecule has 0 N–H and O–H groups in total. The van der Waals surface area contributed by atoms with E-state index in [9.17, 15) is 0 Å². The number of rotatable bonds is 5. The van der Waals surface area contributed by atoms with Crippen molar-refractivity contribution in [3.05, 3.63) is 78.0 Å². The average molecular weight is 316 g/mol. The Hall–Kier alpha value is -3.32. The normalized spacial score (nSPS) is 10.0. The quantitative estimate of drug-likeness (QED) is 0.707. The molecule has 0 aliphatic carbocycles. The largest absolute Gasteiger partial charge is 0.495 e. The first-order valence-corrected chi connectivity index (χ1v) is 7.51. The summed E-state index contributed by atoms with van der Waals surface area (Å²) in [4.78, 5) is 4.34. The second-order valence-corrected chi connectivity index (χ2v) is 5.19. The smallest absolute Gasteiger partial charge is 0.213 e. The molecule has 0 saturated heterocycles. The second-order valence-electron chi connectivity index (χ2n) is 5.19. The highest BCUT2D eigenvalue weighted by Gasteiger charge is 2.06. The van der Waals surface area contributed by atoms with Crippen LogP contribution in [0.15, 0.2) is 66.9 Å². The molecule has 0 radical (unpaired) electrons. The van der Waals surface area contributed by atoms with Crippen molar-refractivity contribution in [2.75, 3.05) is 7.11 Å². The van der Waals surface area contributed by atoms with Gasteiger partial charge in [-0.2, -0.15) is 5.26 Å². The molecule has 0 spiro atoms. The van der Waals surface area contributed by atoms with Gasteiger partial charge in [-0.15, -0.1) is 0 Å². The molecular weight excluding hydrogens is 300 g/mol. The Morgan fingerprint density at radius 3 is 2.46 bits per heavy atom. The van der Waals surface area contributed by atoms with Gasteiger partial charge in [0, 0.05) is 17.8 Å². The zero-order chi connectivity index (χ0) is 16.8. The molecule has 1 heterocycles. The minimum atomic E-state index is 0.484. The number of ether oxygens (including phenoxy) is 2. The van der Waals surface area contributed by atoms with Gasteiger partial charge in [-0.3, -0.25) is 0 Å². The van der Waals surface area contributed by atoms with E-state index in [0.29, 0.717) is 23.8 Å². The summed E-state index contributed by atoms with van der Waals surface area (Å²) >= 11 is 0. The fourth-order valence-corrected chi connectivity index (χ4v) is 2.33. The maximum absolute atomic E-state index is 9.04. The number of pyridine rings is 1. The highest BCUT2D eigenvalue weighted by molar-refractivity contribution is 5.66. The van der Waals surface area contributed by atoms with Gasteiger partial charge in [0.2, 0.25) is 5.88 Å². The van der Waals surface area contributed by atoms with Crippen molar-refractivity contribution in [2.45, 2.75) is 6.61 Å². The third-order valence-corrected chi connectivity index (χ3v) is 3.62. The Labute approximate surface area is 140 Å². The predicted molar refractivity (Wildman–Crippen MR) is 91.7 cm³/mol. The van der Waals surface area contributed by atoms with Gasteiger partial charge in [0.1, 0.15) is 18.4 Å². The van der Waals surface area contributed by atoms with Crippen LogP contribution in [0.5, 0.6) is 11.6 Å². The Balaban J connectivity index is 1.74. The zero-order valence-electron chi connectivity index (χ0n) is 13.3. The van der Waals surface area contributed by atoms with E-state index in [4.69, 9.17) is 14.7 Å². The molecule has 2 aromatic carbocycles. The van der Waals surface area contributed by atoms with Crippen LogP contribution in [0, 0.1) is 11.3 Å². The first-order chi connectivity index (χ1) is 11.8. The van der Waals surface area contributed by atoms with Crippen molar-refractivity contribution in [1.29, 1.82) is 5.26 Å². The minimum Gasteiger partial charge on any atom is -0.495 e. The Morgan fingerprint density at radius 2 is 1.79 bits per heavy atom. The minimum absolute atomic E-state index is 0.484. The molecule has 0 amide bonds. The number of benzene rings is 2. The van der Waals surface area contributed by atoms with Crippen LogP contribution in [0.2, 0.25) is 0 Å². The van der Waals surface area contributed by atoms with E-state index in [1.54, 1.807) is 19.4 Å². The fraction of sp³-hybridized carbons (Fsp3) is 0.100.